The van der Waals surface area contributed by atoms with Crippen molar-refractivity contribution in [2.45, 2.75) is 3.79 Å². The van der Waals surface area contributed by atoms with Crippen LogP contribution < -0.4 is 0 Å². The lowest BCUT2D eigenvalue weighted by Gasteiger charge is -2.00. The van der Waals surface area contributed by atoms with Crippen LogP contribution in [0.4, 0.5) is 0 Å². The lowest BCUT2D eigenvalue weighted by atomic mass is 10.3. The van der Waals surface area contributed by atoms with E-state index in [2.05, 4.69) is 0 Å². The van der Waals surface area contributed by atoms with E-state index in [0.29, 0.717) is 4.88 Å². The van der Waals surface area contributed by atoms with E-state index in [9.17, 15) is 4.79 Å². The number of thiophene rings is 1. The van der Waals surface area contributed by atoms with Gasteiger partial charge in [0.1, 0.15) is 0 Å². The molecule has 0 bridgehead atoms. The van der Waals surface area contributed by atoms with E-state index >= 15 is 0 Å². The zero-order chi connectivity index (χ0) is 9.90. The van der Waals surface area contributed by atoms with E-state index in [-0.39, 0.29) is 5.78 Å². The summed E-state index contributed by atoms with van der Waals surface area (Å²) in [7, 11) is 0. The average molecular weight is 256 g/mol. The van der Waals surface area contributed by atoms with E-state index in [1.165, 1.54) is 23.5 Å². The highest BCUT2D eigenvalue weighted by atomic mass is 35.6. The monoisotopic (exact) mass is 254 g/mol. The van der Waals surface area contributed by atoms with E-state index in [1.807, 2.05) is 5.38 Å². The molecule has 0 amide bonds. The SMILES string of the molecule is O=C(C=CC(Cl)(Cl)Cl)c1cccs1. The molecule has 1 nitrogen and oxygen atoms in total. The van der Waals surface area contributed by atoms with E-state index < -0.39 is 3.79 Å². The molecule has 70 valence electrons. The van der Waals surface area contributed by atoms with Gasteiger partial charge in [-0.2, -0.15) is 0 Å². The Kier molecular flexibility index (Phi) is 3.80. The molecule has 1 aromatic rings. The Morgan fingerprint density at radius 3 is 2.62 bits per heavy atom. The second-order valence-electron chi connectivity index (χ2n) is 2.22. The Labute approximate surface area is 94.9 Å². The molecule has 0 saturated heterocycles. The van der Waals surface area contributed by atoms with Gasteiger partial charge in [-0.25, -0.2) is 0 Å². The van der Waals surface area contributed by atoms with Crippen LogP contribution in [0.2, 0.25) is 0 Å². The summed E-state index contributed by atoms with van der Waals surface area (Å²) in [6, 6.07) is 3.51. The van der Waals surface area contributed by atoms with Crippen LogP contribution in [-0.2, 0) is 0 Å². The van der Waals surface area contributed by atoms with Crippen LogP contribution in [-0.4, -0.2) is 9.58 Å². The maximum absolute atomic E-state index is 11.3. The number of carbonyl (C=O) groups excluding carboxylic acids is 1. The number of carbonyl (C=O) groups is 1. The molecule has 0 fully saturated rings. The van der Waals surface area contributed by atoms with E-state index in [4.69, 9.17) is 34.8 Å². The topological polar surface area (TPSA) is 17.1 Å². The first-order valence-electron chi connectivity index (χ1n) is 3.33. The molecule has 0 saturated carbocycles. The van der Waals surface area contributed by atoms with Gasteiger partial charge < -0.3 is 0 Å². The zero-order valence-corrected chi connectivity index (χ0v) is 9.42. The van der Waals surface area contributed by atoms with Gasteiger partial charge in [0.25, 0.3) is 0 Å². The fourth-order valence-corrected chi connectivity index (χ4v) is 1.51. The molecule has 0 unspecified atom stereocenters. The third-order valence-corrected chi connectivity index (χ3v) is 2.45. The molecule has 5 heteroatoms. The maximum Gasteiger partial charge on any atom is 0.209 e. The largest absolute Gasteiger partial charge is 0.288 e. The molecule has 1 rings (SSSR count). The summed E-state index contributed by atoms with van der Waals surface area (Å²) in [6.45, 7) is 0. The molecular formula is C8H5Cl3OS. The molecular weight excluding hydrogens is 251 g/mol. The number of halogens is 3. The van der Waals surface area contributed by atoms with Crippen LogP contribution in [0, 0.1) is 0 Å². The fourth-order valence-electron chi connectivity index (χ4n) is 0.671. The van der Waals surface area contributed by atoms with E-state index in [1.54, 1.807) is 12.1 Å². The summed E-state index contributed by atoms with van der Waals surface area (Å²) < 4.78 is -1.51. The second-order valence-corrected chi connectivity index (χ2v) is 5.53. The first kappa shape index (κ1) is 11.1. The Balaban J connectivity index is 2.67. The zero-order valence-electron chi connectivity index (χ0n) is 6.34. The predicted octanol–water partition coefficient (Wildman–Crippen LogP) is 3.86. The first-order chi connectivity index (χ1) is 5.99. The van der Waals surface area contributed by atoms with Crippen LogP contribution in [0.1, 0.15) is 9.67 Å². The summed E-state index contributed by atoms with van der Waals surface area (Å²) in [5.74, 6) is -0.152. The van der Waals surface area contributed by atoms with Gasteiger partial charge in [0.15, 0.2) is 5.78 Å². The minimum absolute atomic E-state index is 0.152. The summed E-state index contributed by atoms with van der Waals surface area (Å²) in [5, 5.41) is 1.82. The first-order valence-corrected chi connectivity index (χ1v) is 5.34. The van der Waals surface area contributed by atoms with Gasteiger partial charge in [0, 0.05) is 0 Å². The maximum atomic E-state index is 11.3. The van der Waals surface area contributed by atoms with Gasteiger partial charge in [-0.05, 0) is 23.6 Å². The summed E-state index contributed by atoms with van der Waals surface area (Å²) in [5.41, 5.74) is 0. The summed E-state index contributed by atoms with van der Waals surface area (Å²) in [6.07, 6.45) is 2.50. The van der Waals surface area contributed by atoms with Crippen LogP contribution in [0.25, 0.3) is 0 Å². The van der Waals surface area contributed by atoms with Crippen molar-refractivity contribution < 1.29 is 4.79 Å². The molecule has 0 aliphatic rings. The summed E-state index contributed by atoms with van der Waals surface area (Å²) in [4.78, 5) is 11.9. The molecule has 1 aromatic heterocycles. The molecule has 0 aliphatic heterocycles. The number of allylic oxidation sites excluding steroid dienone is 2. The lowest BCUT2D eigenvalue weighted by molar-refractivity contribution is 0.105. The molecule has 1 heterocycles. The Morgan fingerprint density at radius 1 is 1.46 bits per heavy atom. The highest BCUT2D eigenvalue weighted by Crippen LogP contribution is 2.27. The van der Waals surface area contributed by atoms with Crippen LogP contribution in [0.3, 0.4) is 0 Å². The smallest absolute Gasteiger partial charge is 0.209 e. The lowest BCUT2D eigenvalue weighted by Crippen LogP contribution is -1.98. The normalized spacial score (nSPS) is 12.2. The average Bonchev–Trinajstić information content (AvgIpc) is 2.50. The second kappa shape index (κ2) is 4.47. The molecule has 0 aliphatic carbocycles. The summed E-state index contributed by atoms with van der Waals surface area (Å²) >= 11 is 17.7. The van der Waals surface area contributed by atoms with Gasteiger partial charge in [-0.15, -0.1) is 11.3 Å². The number of hydrogen-bond donors (Lipinski definition) is 0. The van der Waals surface area contributed by atoms with Crippen molar-refractivity contribution in [2.75, 3.05) is 0 Å². The van der Waals surface area contributed by atoms with Crippen LogP contribution >= 0.6 is 46.1 Å². The molecule has 0 atom stereocenters. The van der Waals surface area contributed by atoms with Crippen molar-refractivity contribution in [1.82, 2.24) is 0 Å². The minimum Gasteiger partial charge on any atom is -0.288 e. The molecule has 0 N–H and O–H groups in total. The molecule has 0 spiro atoms. The van der Waals surface area contributed by atoms with Gasteiger partial charge in [0.05, 0.1) is 4.88 Å². The van der Waals surface area contributed by atoms with E-state index in [0.717, 1.165) is 0 Å². The molecule has 0 radical (unpaired) electrons. The number of rotatable bonds is 2. The Bertz CT molecular complexity index is 311. The van der Waals surface area contributed by atoms with Crippen molar-refractivity contribution in [3.63, 3.8) is 0 Å². The third kappa shape index (κ3) is 4.14. The van der Waals surface area contributed by atoms with Gasteiger partial charge >= 0.3 is 0 Å². The van der Waals surface area contributed by atoms with Crippen molar-refractivity contribution in [3.05, 3.63) is 34.5 Å². The number of ketones is 1. The van der Waals surface area contributed by atoms with Gasteiger partial charge in [-0.1, -0.05) is 40.9 Å². The minimum atomic E-state index is -1.51. The molecule has 0 aromatic carbocycles. The molecule has 13 heavy (non-hydrogen) atoms. The third-order valence-electron chi connectivity index (χ3n) is 1.19. The van der Waals surface area contributed by atoms with Crippen LogP contribution in [0.5, 0.6) is 0 Å². The van der Waals surface area contributed by atoms with Crippen molar-refractivity contribution in [2.24, 2.45) is 0 Å². The number of alkyl halides is 3. The van der Waals surface area contributed by atoms with Gasteiger partial charge in [0.2, 0.25) is 3.79 Å². The van der Waals surface area contributed by atoms with Crippen molar-refractivity contribution in [3.8, 4) is 0 Å². The van der Waals surface area contributed by atoms with Crippen LogP contribution in [0.15, 0.2) is 29.7 Å². The highest BCUT2D eigenvalue weighted by Gasteiger charge is 2.15. The van der Waals surface area contributed by atoms with Crippen molar-refractivity contribution in [1.29, 1.82) is 0 Å². The Morgan fingerprint density at radius 2 is 2.15 bits per heavy atom. The predicted molar refractivity (Wildman–Crippen MR) is 58.1 cm³/mol. The van der Waals surface area contributed by atoms with Crippen molar-refractivity contribution >= 4 is 51.9 Å². The standard InChI is InChI=1S/C8H5Cl3OS/c9-8(10,11)4-3-6(12)7-2-1-5-13-7/h1-5H. The highest BCUT2D eigenvalue weighted by molar-refractivity contribution is 7.12. The fraction of sp³-hybridized carbons (Fsp3) is 0.125. The van der Waals surface area contributed by atoms with Gasteiger partial charge in [-0.3, -0.25) is 4.79 Å². The Hall–Kier alpha value is -0.0200. The number of hydrogen-bond acceptors (Lipinski definition) is 2. The quantitative estimate of drug-likeness (QED) is 0.446.